The fourth-order valence-electron chi connectivity index (χ4n) is 6.86. The monoisotopic (exact) mass is 820 g/mol. The summed E-state index contributed by atoms with van der Waals surface area (Å²) in [5.41, 5.74) is 0.733. The van der Waals surface area contributed by atoms with E-state index in [2.05, 4.69) is 38.8 Å². The van der Waals surface area contributed by atoms with E-state index in [-0.39, 0.29) is 76.0 Å². The molecule has 1 saturated heterocycles. The summed E-state index contributed by atoms with van der Waals surface area (Å²) in [6.07, 6.45) is 2.56. The summed E-state index contributed by atoms with van der Waals surface area (Å²) in [4.78, 5) is 45.9. The summed E-state index contributed by atoms with van der Waals surface area (Å²) >= 11 is 0. The Morgan fingerprint density at radius 1 is 1.05 bits per heavy atom. The van der Waals surface area contributed by atoms with E-state index < -0.39 is 31.5 Å². The normalized spacial score (nSPS) is 16.7. The van der Waals surface area contributed by atoms with E-state index in [0.29, 0.717) is 37.4 Å². The van der Waals surface area contributed by atoms with Gasteiger partial charge in [0, 0.05) is 50.7 Å². The summed E-state index contributed by atoms with van der Waals surface area (Å²) in [5, 5.41) is 11.7. The van der Waals surface area contributed by atoms with Gasteiger partial charge in [0.2, 0.25) is 0 Å². The largest absolute Gasteiger partial charge is 0.504 e. The van der Waals surface area contributed by atoms with Gasteiger partial charge in [0.1, 0.15) is 17.1 Å². The Balaban J connectivity index is 1.72. The lowest BCUT2D eigenvalue weighted by Gasteiger charge is -2.44. The van der Waals surface area contributed by atoms with Crippen molar-refractivity contribution in [3.8, 4) is 28.4 Å². The number of rotatable bonds is 12. The van der Waals surface area contributed by atoms with E-state index >= 15 is 4.39 Å². The molecule has 1 fully saturated rings. The second-order valence-electron chi connectivity index (χ2n) is 18.0. The third-order valence-electron chi connectivity index (χ3n) is 10.9. The molecule has 13 nitrogen and oxygen atoms in total. The fraction of sp³-hybridized carbons (Fsp3) is 0.558. The predicted octanol–water partition coefficient (Wildman–Crippen LogP) is 8.58. The minimum atomic E-state index is -2.00. The molecule has 15 heteroatoms. The van der Waals surface area contributed by atoms with Gasteiger partial charge in [0.25, 0.3) is 0 Å². The van der Waals surface area contributed by atoms with E-state index in [1.807, 2.05) is 59.4 Å². The van der Waals surface area contributed by atoms with Crippen LogP contribution in [0.4, 0.5) is 15.0 Å². The van der Waals surface area contributed by atoms with Crippen molar-refractivity contribution in [2.45, 2.75) is 124 Å². The van der Waals surface area contributed by atoms with Crippen LogP contribution in [0, 0.1) is 5.82 Å². The molecular formula is C43H61FN6O7Si. The Morgan fingerprint density at radius 3 is 2.40 bits per heavy atom. The van der Waals surface area contributed by atoms with Crippen LogP contribution < -0.4 is 15.3 Å². The molecular weight excluding hydrogens is 760 g/mol. The van der Waals surface area contributed by atoms with Gasteiger partial charge in [-0.25, -0.2) is 23.5 Å². The molecule has 0 bridgehead atoms. The number of ether oxygens (including phenoxy) is 3. The first kappa shape index (κ1) is 44.5. The Hall–Kier alpha value is -4.60. The number of anilines is 1. The van der Waals surface area contributed by atoms with Crippen molar-refractivity contribution in [1.82, 2.24) is 24.4 Å². The van der Waals surface area contributed by atoms with Gasteiger partial charge < -0.3 is 33.5 Å². The standard InChI is InChI=1S/C43H61FN6O7Si/c1-26(2)34-36(29(19-20-45-34)16-15-21-56-58(12,13)43(8,9)10)50-39-31(22-32(44)35(46-39)30-17-14-18-33(37(30)51)55-25-54-11)38(47-40(50)52)48-23-28(4)49(24-27(48)3)41(53)57-42(5,6)7/h14,17-20,22,26-28,51H,15-16,21,23-25H2,1-13H3/t27-,28+/m0/s1. The van der Waals surface area contributed by atoms with E-state index in [1.165, 1.54) is 23.8 Å². The van der Waals surface area contributed by atoms with Gasteiger partial charge in [-0.15, -0.1) is 0 Å². The second-order valence-corrected chi connectivity index (χ2v) is 22.8. The zero-order valence-electron chi connectivity index (χ0n) is 36.4. The van der Waals surface area contributed by atoms with Gasteiger partial charge >= 0.3 is 11.8 Å². The number of methoxy groups -OCH3 is 1. The Labute approximate surface area is 342 Å². The molecule has 1 N–H and O–H groups in total. The van der Waals surface area contributed by atoms with E-state index in [4.69, 9.17) is 28.6 Å². The number of hydrogen-bond donors (Lipinski definition) is 1. The number of fused-ring (bicyclic) bond motifs is 1. The van der Waals surface area contributed by atoms with Crippen molar-refractivity contribution in [3.05, 3.63) is 64.1 Å². The number of benzene rings is 1. The number of phenols is 1. The van der Waals surface area contributed by atoms with Gasteiger partial charge in [-0.3, -0.25) is 4.98 Å². The molecule has 1 aliphatic rings. The van der Waals surface area contributed by atoms with E-state index in [0.717, 1.165) is 5.56 Å². The molecule has 2 atom stereocenters. The highest BCUT2D eigenvalue weighted by molar-refractivity contribution is 6.74. The SMILES string of the molecule is COCOc1cccc(-c2nc3c(cc2F)c(N2C[C@@H](C)N(C(=O)OC(C)(C)C)C[C@@H]2C)nc(=O)n3-c2c(CCCO[Si](C)(C)C(C)(C)C)ccnc2C(C)C)c1O. The van der Waals surface area contributed by atoms with Crippen LogP contribution >= 0.6 is 0 Å². The molecule has 58 heavy (non-hydrogen) atoms. The molecule has 0 saturated carbocycles. The maximum Gasteiger partial charge on any atom is 0.410 e. The van der Waals surface area contributed by atoms with Crippen molar-refractivity contribution in [3.63, 3.8) is 0 Å². The average Bonchev–Trinajstić information content (AvgIpc) is 3.12. The summed E-state index contributed by atoms with van der Waals surface area (Å²) in [6.45, 7) is 25.3. The first-order valence-corrected chi connectivity index (χ1v) is 22.9. The number of piperazine rings is 1. The van der Waals surface area contributed by atoms with E-state index in [9.17, 15) is 14.7 Å². The number of aromatic hydroxyl groups is 1. The first-order chi connectivity index (χ1) is 27.1. The number of pyridine rings is 2. The first-order valence-electron chi connectivity index (χ1n) is 20.0. The minimum absolute atomic E-state index is 0.0550. The zero-order valence-corrected chi connectivity index (χ0v) is 37.4. The zero-order chi connectivity index (χ0) is 42.9. The van der Waals surface area contributed by atoms with Crippen molar-refractivity contribution < 1.29 is 32.9 Å². The summed E-state index contributed by atoms with van der Waals surface area (Å²) in [5.74, 6) is -0.874. The van der Waals surface area contributed by atoms with Crippen LogP contribution in [0.1, 0.15) is 92.8 Å². The van der Waals surface area contributed by atoms with Gasteiger partial charge in [-0.1, -0.05) is 40.7 Å². The van der Waals surface area contributed by atoms with Crippen LogP contribution in [-0.4, -0.2) is 95.2 Å². The number of para-hydroxylation sites is 1. The van der Waals surface area contributed by atoms with Crippen LogP contribution in [0.25, 0.3) is 28.0 Å². The van der Waals surface area contributed by atoms with Crippen molar-refractivity contribution in [2.24, 2.45) is 0 Å². The number of amides is 1. The molecule has 0 radical (unpaired) electrons. The molecule has 5 rings (SSSR count). The third kappa shape index (κ3) is 9.47. The molecule has 0 unspecified atom stereocenters. The highest BCUT2D eigenvalue weighted by atomic mass is 28.4. The molecule has 3 aromatic heterocycles. The topological polar surface area (TPSA) is 141 Å². The van der Waals surface area contributed by atoms with Crippen molar-refractivity contribution >= 4 is 31.3 Å². The molecule has 1 aliphatic heterocycles. The van der Waals surface area contributed by atoms with Gasteiger partial charge in [0.05, 0.1) is 16.8 Å². The minimum Gasteiger partial charge on any atom is -0.504 e. The smallest absolute Gasteiger partial charge is 0.410 e. The maximum atomic E-state index is 16.7. The van der Waals surface area contributed by atoms with Crippen LogP contribution in [0.3, 0.4) is 0 Å². The van der Waals surface area contributed by atoms with Crippen LogP contribution in [0.5, 0.6) is 11.5 Å². The van der Waals surface area contributed by atoms with Crippen molar-refractivity contribution in [1.29, 1.82) is 0 Å². The van der Waals surface area contributed by atoms with Gasteiger partial charge in [-0.05, 0) is 101 Å². The van der Waals surface area contributed by atoms with Crippen LogP contribution in [-0.2, 0) is 20.3 Å². The van der Waals surface area contributed by atoms with E-state index in [1.54, 1.807) is 23.2 Å². The summed E-state index contributed by atoms with van der Waals surface area (Å²) < 4.78 is 40.9. The molecule has 4 aromatic rings. The van der Waals surface area contributed by atoms with Crippen molar-refractivity contribution in [2.75, 3.05) is 38.5 Å². The number of halogens is 1. The average molecular weight is 821 g/mol. The predicted molar refractivity (Wildman–Crippen MR) is 227 cm³/mol. The number of aryl methyl sites for hydroxylation is 1. The second kappa shape index (κ2) is 17.3. The molecule has 4 heterocycles. The third-order valence-corrected chi connectivity index (χ3v) is 15.5. The Bertz CT molecular complexity index is 2180. The highest BCUT2D eigenvalue weighted by Crippen LogP contribution is 2.40. The molecule has 1 amide bonds. The maximum absolute atomic E-state index is 16.7. The Kier molecular flexibility index (Phi) is 13.3. The summed E-state index contributed by atoms with van der Waals surface area (Å²) in [6, 6.07) is 7.23. The molecule has 0 spiro atoms. The Morgan fingerprint density at radius 2 is 1.76 bits per heavy atom. The van der Waals surface area contributed by atoms with Gasteiger partial charge in [0.15, 0.2) is 38.1 Å². The number of aromatic nitrogens is 4. The number of carbonyl (C=O) groups is 1. The molecule has 316 valence electrons. The number of hydrogen-bond acceptors (Lipinski definition) is 11. The number of nitrogens with zero attached hydrogens (tertiary/aromatic N) is 6. The fourth-order valence-corrected chi connectivity index (χ4v) is 7.95. The molecule has 1 aromatic carbocycles. The summed E-state index contributed by atoms with van der Waals surface area (Å²) in [7, 11) is -0.549. The molecule has 0 aliphatic carbocycles. The lowest BCUT2D eigenvalue weighted by atomic mass is 10.0. The highest BCUT2D eigenvalue weighted by Gasteiger charge is 2.38. The number of phenolic OH excluding ortho intramolecular Hbond substituents is 1. The van der Waals surface area contributed by atoms with Gasteiger partial charge in [-0.2, -0.15) is 4.98 Å². The number of carbonyl (C=O) groups excluding carboxylic acids is 1. The quantitative estimate of drug-likeness (QED) is 0.0835. The van der Waals surface area contributed by atoms with Crippen LogP contribution in [0.15, 0.2) is 41.3 Å². The lowest BCUT2D eigenvalue weighted by Crippen LogP contribution is -2.59. The van der Waals surface area contributed by atoms with Crippen LogP contribution in [0.2, 0.25) is 18.1 Å². The lowest BCUT2D eigenvalue weighted by molar-refractivity contribution is 0.0130.